The first-order valence-electron chi connectivity index (χ1n) is 9.57. The number of ether oxygens (including phenoxy) is 2. The second-order valence-corrected chi connectivity index (χ2v) is 6.80. The van der Waals surface area contributed by atoms with E-state index < -0.39 is 0 Å². The van der Waals surface area contributed by atoms with Gasteiger partial charge in [0.1, 0.15) is 0 Å². The van der Waals surface area contributed by atoms with Gasteiger partial charge in [0.2, 0.25) is 0 Å². The molecule has 2 aliphatic rings. The van der Waals surface area contributed by atoms with E-state index >= 15 is 0 Å². The minimum absolute atomic E-state index is 0.718. The lowest BCUT2D eigenvalue weighted by atomic mass is 10.1. The van der Waals surface area contributed by atoms with E-state index in [1.807, 2.05) is 0 Å². The Bertz CT molecular complexity index is 249. The van der Waals surface area contributed by atoms with Crippen molar-refractivity contribution < 1.29 is 9.47 Å². The minimum Gasteiger partial charge on any atom is -0.378 e. The van der Waals surface area contributed by atoms with Crippen LogP contribution in [0.25, 0.3) is 0 Å². The van der Waals surface area contributed by atoms with Gasteiger partial charge >= 0.3 is 0 Å². The highest BCUT2D eigenvalue weighted by Crippen LogP contribution is 2.17. The highest BCUT2D eigenvalue weighted by atomic mass is 16.5. The van der Waals surface area contributed by atoms with Gasteiger partial charge in [-0.05, 0) is 25.7 Å². The van der Waals surface area contributed by atoms with E-state index in [0.717, 1.165) is 51.6 Å². The lowest BCUT2D eigenvalue weighted by Gasteiger charge is -2.16. The number of rotatable bonds is 11. The third-order valence-electron chi connectivity index (χ3n) is 4.94. The largest absolute Gasteiger partial charge is 0.378 e. The van der Waals surface area contributed by atoms with Gasteiger partial charge < -0.3 is 20.1 Å². The van der Waals surface area contributed by atoms with Crippen LogP contribution >= 0.6 is 0 Å². The average Bonchev–Trinajstić information content (AvgIpc) is 2.92. The van der Waals surface area contributed by atoms with Gasteiger partial charge in [0, 0.05) is 25.2 Å². The number of hydrogen-bond acceptors (Lipinski definition) is 4. The summed E-state index contributed by atoms with van der Waals surface area (Å²) in [5.74, 6) is 0. The first kappa shape index (κ1) is 18.2. The zero-order valence-electron chi connectivity index (χ0n) is 14.3. The molecule has 0 radical (unpaired) electrons. The van der Waals surface area contributed by atoms with Gasteiger partial charge in [0.05, 0.1) is 26.4 Å². The first-order chi connectivity index (χ1) is 10.9. The van der Waals surface area contributed by atoms with Crippen molar-refractivity contribution in [2.45, 2.75) is 76.3 Å². The summed E-state index contributed by atoms with van der Waals surface area (Å²) in [6.07, 6.45) is 13.8. The summed E-state index contributed by atoms with van der Waals surface area (Å²) in [5, 5.41) is 7.19. The van der Waals surface area contributed by atoms with Crippen LogP contribution in [0.15, 0.2) is 0 Å². The summed E-state index contributed by atoms with van der Waals surface area (Å²) in [5.41, 5.74) is 0. The number of hydrogen-bond donors (Lipinski definition) is 2. The van der Waals surface area contributed by atoms with Gasteiger partial charge in [-0.25, -0.2) is 0 Å². The quantitative estimate of drug-likeness (QED) is 0.455. The van der Waals surface area contributed by atoms with Crippen LogP contribution in [-0.2, 0) is 9.47 Å². The van der Waals surface area contributed by atoms with Crippen LogP contribution in [0.4, 0.5) is 0 Å². The molecule has 0 unspecified atom stereocenters. The summed E-state index contributed by atoms with van der Waals surface area (Å²) >= 11 is 0. The maximum absolute atomic E-state index is 5.63. The molecule has 0 bridgehead atoms. The summed E-state index contributed by atoms with van der Waals surface area (Å²) in [7, 11) is 0. The van der Waals surface area contributed by atoms with E-state index in [-0.39, 0.29) is 0 Å². The maximum atomic E-state index is 5.63. The predicted octanol–water partition coefficient (Wildman–Crippen LogP) is 2.86. The lowest BCUT2D eigenvalue weighted by Crippen LogP contribution is -2.32. The van der Waals surface area contributed by atoms with Crippen LogP contribution in [0, 0.1) is 0 Å². The van der Waals surface area contributed by atoms with E-state index in [1.165, 1.54) is 64.2 Å². The Hall–Kier alpha value is -0.160. The van der Waals surface area contributed by atoms with Gasteiger partial charge in [0.25, 0.3) is 0 Å². The summed E-state index contributed by atoms with van der Waals surface area (Å²) < 4.78 is 11.2. The monoisotopic (exact) mass is 312 g/mol. The highest BCUT2D eigenvalue weighted by molar-refractivity contribution is 4.73. The van der Waals surface area contributed by atoms with E-state index in [0.29, 0.717) is 0 Å². The van der Waals surface area contributed by atoms with E-state index in [4.69, 9.17) is 9.47 Å². The third kappa shape index (κ3) is 8.47. The molecule has 4 heteroatoms. The number of nitrogens with one attached hydrogen (secondary N) is 2. The predicted molar refractivity (Wildman–Crippen MR) is 91.4 cm³/mol. The van der Waals surface area contributed by atoms with Crippen LogP contribution in [0.2, 0.25) is 0 Å². The Morgan fingerprint density at radius 3 is 1.41 bits per heavy atom. The Labute approximate surface area is 136 Å². The molecule has 2 N–H and O–H groups in total. The normalized spacial score (nSPS) is 21.3. The minimum atomic E-state index is 0.718. The molecular formula is C18H36N2O2. The van der Waals surface area contributed by atoms with Gasteiger partial charge in [-0.15, -0.1) is 0 Å². The van der Waals surface area contributed by atoms with Crippen molar-refractivity contribution in [2.75, 3.05) is 39.5 Å². The molecule has 0 heterocycles. The molecule has 2 fully saturated rings. The molecule has 22 heavy (non-hydrogen) atoms. The van der Waals surface area contributed by atoms with Crippen molar-refractivity contribution >= 4 is 0 Å². The molecule has 0 saturated heterocycles. The second kappa shape index (κ2) is 12.3. The van der Waals surface area contributed by atoms with Crippen molar-refractivity contribution in [3.63, 3.8) is 0 Å². The Kier molecular flexibility index (Phi) is 10.2. The van der Waals surface area contributed by atoms with Gasteiger partial charge in [-0.1, -0.05) is 38.5 Å². The van der Waals surface area contributed by atoms with E-state index in [1.54, 1.807) is 0 Å². The summed E-state index contributed by atoms with van der Waals surface area (Å²) in [6, 6.07) is 1.47. The van der Waals surface area contributed by atoms with Crippen LogP contribution in [0.5, 0.6) is 0 Å². The third-order valence-corrected chi connectivity index (χ3v) is 4.94. The molecule has 0 aromatic rings. The molecule has 130 valence electrons. The molecule has 2 saturated carbocycles. The van der Waals surface area contributed by atoms with Crippen LogP contribution < -0.4 is 10.6 Å². The van der Waals surface area contributed by atoms with Crippen molar-refractivity contribution in [1.82, 2.24) is 10.6 Å². The molecule has 0 aromatic carbocycles. The molecule has 0 spiro atoms. The average molecular weight is 312 g/mol. The molecule has 0 aromatic heterocycles. The Morgan fingerprint density at radius 1 is 0.545 bits per heavy atom. The van der Waals surface area contributed by atoms with Crippen molar-refractivity contribution in [1.29, 1.82) is 0 Å². The fourth-order valence-corrected chi connectivity index (χ4v) is 3.61. The fourth-order valence-electron chi connectivity index (χ4n) is 3.61. The second-order valence-electron chi connectivity index (χ2n) is 6.80. The fraction of sp³-hybridized carbons (Fsp3) is 1.00. The van der Waals surface area contributed by atoms with Crippen LogP contribution in [0.1, 0.15) is 64.2 Å². The van der Waals surface area contributed by atoms with E-state index in [9.17, 15) is 0 Å². The standard InChI is InChI=1S/C18H36N2O2/c1-2-4-8-17(7-3-1)19-11-13-21-15-16-22-14-12-20-18-9-5-6-10-18/h17-20H,1-16H2. The molecule has 2 aliphatic carbocycles. The molecular weight excluding hydrogens is 276 g/mol. The van der Waals surface area contributed by atoms with Gasteiger partial charge in [-0.2, -0.15) is 0 Å². The summed E-state index contributed by atoms with van der Waals surface area (Å²) in [6.45, 7) is 5.01. The molecule has 2 rings (SSSR count). The van der Waals surface area contributed by atoms with E-state index in [2.05, 4.69) is 10.6 Å². The van der Waals surface area contributed by atoms with Crippen molar-refractivity contribution in [3.05, 3.63) is 0 Å². The first-order valence-corrected chi connectivity index (χ1v) is 9.57. The topological polar surface area (TPSA) is 42.5 Å². The zero-order valence-corrected chi connectivity index (χ0v) is 14.3. The maximum Gasteiger partial charge on any atom is 0.0701 e. The Morgan fingerprint density at radius 2 is 0.955 bits per heavy atom. The molecule has 0 aliphatic heterocycles. The van der Waals surface area contributed by atoms with Gasteiger partial charge in [0.15, 0.2) is 0 Å². The van der Waals surface area contributed by atoms with Gasteiger partial charge in [-0.3, -0.25) is 0 Å². The Balaban J connectivity index is 1.29. The van der Waals surface area contributed by atoms with Crippen LogP contribution in [-0.4, -0.2) is 51.6 Å². The summed E-state index contributed by atoms with van der Waals surface area (Å²) in [4.78, 5) is 0. The van der Waals surface area contributed by atoms with Crippen LogP contribution in [0.3, 0.4) is 0 Å². The zero-order chi connectivity index (χ0) is 15.3. The highest BCUT2D eigenvalue weighted by Gasteiger charge is 2.13. The molecule has 0 amide bonds. The SMILES string of the molecule is C1CCCC(NCCOCCOCCNC2CCCC2)CC1. The molecule has 4 nitrogen and oxygen atoms in total. The van der Waals surface area contributed by atoms with Crippen molar-refractivity contribution in [3.8, 4) is 0 Å². The molecule has 0 atom stereocenters. The lowest BCUT2D eigenvalue weighted by molar-refractivity contribution is 0.0485. The smallest absolute Gasteiger partial charge is 0.0701 e. The van der Waals surface area contributed by atoms with Crippen molar-refractivity contribution in [2.24, 2.45) is 0 Å².